The van der Waals surface area contributed by atoms with Crippen LogP contribution in [-0.4, -0.2) is 156 Å². The van der Waals surface area contributed by atoms with Gasteiger partial charge in [0.1, 0.15) is 36.5 Å². The molecule has 12 heterocycles. The number of carbonyl (C=O) groups excluding carboxylic acids is 1. The predicted molar refractivity (Wildman–Crippen MR) is 448 cm³/mol. The van der Waals surface area contributed by atoms with Gasteiger partial charge in [0.2, 0.25) is 36.0 Å². The lowest BCUT2D eigenvalue weighted by Gasteiger charge is -2.33. The Bertz CT molecular complexity index is 5710. The van der Waals surface area contributed by atoms with Gasteiger partial charge in [0.05, 0.1) is 36.4 Å². The van der Waals surface area contributed by atoms with Gasteiger partial charge >= 0.3 is 6.09 Å². The van der Waals surface area contributed by atoms with Gasteiger partial charge in [-0.25, -0.2) is 85.3 Å². The Kier molecular flexibility index (Phi) is 22.2. The lowest BCUT2D eigenvalue weighted by atomic mass is 10.2. The summed E-state index contributed by atoms with van der Waals surface area (Å²) in [6, 6.07) is 29.5. The SMILES string of the molecule is CC(C)(C)OC(=O)Nc1ccc(-c2ncc(Cl)c(Nc3cc(C4CC4)[nH]n3)n2)s1.CN1CCN(c2cc(Nc3cc(C4CC4)[nH]n3)nc(-c3ccc(S(N)(=O)=O)s3)n2)CC1.Cc1cc(-c2ccc(S(N)(=O)=O)s2)nc(Nc2cc(C3CC3)[nH]n2)n1.NS(=O)(=O)c1ccc(-c2nccc(Nc3cc(C4CC4)[nH]n3)n2)cc1.[HH].[HH].[HH].[HH].[HH].[HH].[HH].[HH].[HH].[HH].[HH].[HH]. The molecule has 0 radical (unpaired) electrons. The average Bonchev–Trinajstić information content (AvgIpc) is 1.77. The van der Waals surface area contributed by atoms with E-state index in [0.29, 0.717) is 119 Å². The van der Waals surface area contributed by atoms with Crippen LogP contribution in [0.5, 0.6) is 0 Å². The quantitative estimate of drug-likeness (QED) is 0.0318. The van der Waals surface area contributed by atoms with E-state index in [1.807, 2.05) is 64.1 Å². The van der Waals surface area contributed by atoms with Crippen LogP contribution in [0.3, 0.4) is 0 Å². The number of H-pyrrole nitrogens is 4. The van der Waals surface area contributed by atoms with E-state index in [2.05, 4.69) is 119 Å². The monoisotopic (exact) mass is 1650 g/mol. The van der Waals surface area contributed by atoms with Crippen molar-refractivity contribution in [2.45, 2.75) is 122 Å². The third kappa shape index (κ3) is 20.6. The summed E-state index contributed by atoms with van der Waals surface area (Å²) in [5, 5.41) is 61.2. The van der Waals surface area contributed by atoms with Crippen LogP contribution in [-0.2, 0) is 34.8 Å². The summed E-state index contributed by atoms with van der Waals surface area (Å²) in [5.74, 6) is 9.39. The van der Waals surface area contributed by atoms with Crippen LogP contribution < -0.4 is 46.9 Å². The Morgan fingerprint density at radius 2 is 1.05 bits per heavy atom. The second kappa shape index (κ2) is 32.0. The van der Waals surface area contributed by atoms with Crippen molar-refractivity contribution in [1.29, 1.82) is 0 Å². The molecular formula is C69H101ClN26O8S6. The summed E-state index contributed by atoms with van der Waals surface area (Å²) in [6.07, 6.45) is 12.2. The number of hydrogen-bond donors (Lipinski definition) is 12. The van der Waals surface area contributed by atoms with Crippen molar-refractivity contribution in [2.24, 2.45) is 15.4 Å². The predicted octanol–water partition coefficient (Wildman–Crippen LogP) is 15.1. The highest BCUT2D eigenvalue weighted by Crippen LogP contribution is 2.44. The molecule has 12 aromatic rings. The van der Waals surface area contributed by atoms with Gasteiger partial charge in [-0.05, 0) is 159 Å². The van der Waals surface area contributed by atoms with Crippen LogP contribution in [0.4, 0.5) is 62.3 Å². The van der Waals surface area contributed by atoms with Crippen molar-refractivity contribution in [2.75, 3.05) is 64.7 Å². The summed E-state index contributed by atoms with van der Waals surface area (Å²) < 4.78 is 74.4. The van der Waals surface area contributed by atoms with Crippen LogP contribution >= 0.6 is 45.6 Å². The fourth-order valence-electron chi connectivity index (χ4n) is 11.1. The molecule has 598 valence electrons. The van der Waals surface area contributed by atoms with Crippen molar-refractivity contribution in [3.8, 4) is 43.4 Å². The molecule has 34 nitrogen and oxygen atoms in total. The lowest BCUT2D eigenvalue weighted by Crippen LogP contribution is -2.44. The molecular weight excluding hydrogens is 1550 g/mol. The molecule has 4 aliphatic carbocycles. The number of likely N-dealkylation sites (N-methyl/N-ethyl adjacent to an activating group) is 1. The van der Waals surface area contributed by atoms with E-state index >= 15 is 0 Å². The fourth-order valence-corrected chi connectivity index (χ4v) is 16.0. The standard InChI is InChI=1S/C19H21ClN6O2S.C19H24N8O2S2.C16H16N6O2S.C15H16N6O2S2.12H2/c1-19(2,3)28-18(27)23-15-7-6-13(29-15)17-21-9-11(20)16(24-17)22-14-8-12(25-26-14)10-4-5-10;1-26-6-8-27(9-7-26)17-11-15(21-16-10-13(24-25-16)12-2-3-12)22-19(23-17)14-4-5-18(30-14)31(20,28)29;17-25(23,24)12-5-3-11(4-6-12)16-18-8-7-14(20-16)19-15-9-13(21-22-15)10-1-2-10;1-8-6-11(12-4-5-14(24-12)25(16,22)23)18-15(17-8)19-13-7-10(20-21-13)9-2-3-9;;;;;;;;;;;;/h6-10H,4-5H2,1-3H3,(H,23,27)(H2,21,22,24,25,26);4-5,10-12H,2-3,6-9H2,1H3,(H2,20,28,29)(H2,21,22,23,24,25);3-10H,1-2H2,(H2,17,23,24)(H2,18,19,20,21,22);4-7,9H,2-3H2,1H3,(H2,16,22,23)(H2,17,18,19,20,21);12*1H. The number of aromatic amines is 4. The Morgan fingerprint density at radius 1 is 0.536 bits per heavy atom. The molecule has 15 N–H and O–H groups in total. The number of amides is 1. The number of aromatic nitrogens is 16. The number of carbonyl (C=O) groups is 1. The van der Waals surface area contributed by atoms with E-state index in [0.717, 1.165) is 88.0 Å². The molecule has 1 aromatic carbocycles. The Morgan fingerprint density at radius 3 is 1.58 bits per heavy atom. The smallest absolute Gasteiger partial charge is 0.412 e. The number of nitrogens with two attached hydrogens (primary N) is 3. The second-order valence-electron chi connectivity index (χ2n) is 27.7. The van der Waals surface area contributed by atoms with E-state index in [4.69, 9.17) is 36.7 Å². The van der Waals surface area contributed by atoms with Crippen LogP contribution in [0.25, 0.3) is 43.4 Å². The summed E-state index contributed by atoms with van der Waals surface area (Å²) in [5.41, 5.74) is 6.03. The summed E-state index contributed by atoms with van der Waals surface area (Å²) in [4.78, 5) is 54.3. The third-order valence-electron chi connectivity index (χ3n) is 17.3. The molecule has 11 aromatic heterocycles. The molecule has 4 saturated carbocycles. The van der Waals surface area contributed by atoms with Gasteiger partial charge in [0.25, 0.3) is 0 Å². The van der Waals surface area contributed by atoms with Crippen LogP contribution in [0.1, 0.15) is 141 Å². The van der Waals surface area contributed by atoms with Gasteiger partial charge in [-0.15, -0.1) is 34.0 Å². The zero-order valence-corrected chi connectivity index (χ0v) is 65.5. The summed E-state index contributed by atoms with van der Waals surface area (Å²) in [7, 11) is -9.09. The Labute approximate surface area is 667 Å². The topological polar surface area (TPSA) is 491 Å². The molecule has 110 heavy (non-hydrogen) atoms. The van der Waals surface area contributed by atoms with E-state index in [1.165, 1.54) is 87.0 Å². The molecule has 5 aliphatic rings. The number of rotatable bonds is 21. The van der Waals surface area contributed by atoms with E-state index < -0.39 is 41.8 Å². The number of benzene rings is 1. The number of primary sulfonamides is 3. The van der Waals surface area contributed by atoms with E-state index in [9.17, 15) is 30.0 Å². The lowest BCUT2D eigenvalue weighted by molar-refractivity contribution is 0.0636. The highest BCUT2D eigenvalue weighted by Gasteiger charge is 2.30. The number of thiophene rings is 3. The first kappa shape index (κ1) is 76.5. The maximum Gasteiger partial charge on any atom is 0.412 e. The number of nitrogens with one attached hydrogen (secondary N) is 9. The third-order valence-corrected chi connectivity index (χ3v) is 24.6. The normalized spacial score (nSPS) is 15.3. The number of anilines is 10. The van der Waals surface area contributed by atoms with Crippen LogP contribution in [0.2, 0.25) is 5.02 Å². The Hall–Kier alpha value is -10.3. The fraction of sp³-hybridized carbons (Fsp3) is 0.319. The zero-order valence-electron chi connectivity index (χ0n) is 59.9. The minimum Gasteiger partial charge on any atom is -0.444 e. The first-order chi connectivity index (χ1) is 52.5. The number of sulfonamides is 3. The number of hydrogen-bond acceptors (Lipinski definition) is 29. The van der Waals surface area contributed by atoms with Crippen LogP contribution in [0, 0.1) is 6.92 Å². The van der Waals surface area contributed by atoms with Crippen molar-refractivity contribution in [3.63, 3.8) is 0 Å². The van der Waals surface area contributed by atoms with Crippen molar-refractivity contribution < 1.29 is 51.9 Å². The molecule has 17 rings (SSSR count). The maximum atomic E-state index is 11.9. The number of halogens is 1. The van der Waals surface area contributed by atoms with Crippen molar-refractivity contribution in [1.82, 2.24) is 85.6 Å². The molecule has 1 saturated heterocycles. The minimum absolute atomic E-state index is 0. The van der Waals surface area contributed by atoms with Gasteiger partial charge < -0.3 is 35.8 Å². The average molecular weight is 1650 g/mol. The van der Waals surface area contributed by atoms with Crippen molar-refractivity contribution >= 4 is 139 Å². The van der Waals surface area contributed by atoms with Gasteiger partial charge in [0, 0.05) is 138 Å². The summed E-state index contributed by atoms with van der Waals surface area (Å²) in [6.45, 7) is 10.9. The molecule has 41 heteroatoms. The maximum absolute atomic E-state index is 11.9. The molecule has 0 spiro atoms. The highest BCUT2D eigenvalue weighted by molar-refractivity contribution is 7.91. The first-order valence-corrected chi connectivity index (χ1v) is 42.3. The van der Waals surface area contributed by atoms with Gasteiger partial charge in [0.15, 0.2) is 46.6 Å². The molecule has 1 aliphatic heterocycles. The highest BCUT2D eigenvalue weighted by atomic mass is 35.5. The molecule has 1 amide bonds. The molecule has 0 bridgehead atoms. The molecule has 0 atom stereocenters. The van der Waals surface area contributed by atoms with Crippen molar-refractivity contribution in [3.05, 3.63) is 149 Å². The zero-order chi connectivity index (χ0) is 77.2. The van der Waals surface area contributed by atoms with Gasteiger partial charge in [-0.2, -0.15) is 20.4 Å². The van der Waals surface area contributed by atoms with Gasteiger partial charge in [-0.1, -0.05) is 11.6 Å². The Balaban J connectivity index is 0.000000535. The number of piperazine rings is 1. The largest absolute Gasteiger partial charge is 0.444 e. The number of aryl methyl sites for hydroxylation is 1. The van der Waals surface area contributed by atoms with Gasteiger partial charge in [-0.3, -0.25) is 25.7 Å². The second-order valence-corrected chi connectivity index (χ2v) is 36.5. The first-order valence-electron chi connectivity index (χ1n) is 34.8. The number of nitrogens with zero attached hydrogens (tertiary/aromatic N) is 14. The van der Waals surface area contributed by atoms with Crippen LogP contribution in [0.15, 0.2) is 129 Å². The molecule has 0 unspecified atom stereocenters. The summed E-state index contributed by atoms with van der Waals surface area (Å²) >= 11 is 9.75. The molecule has 5 fully saturated rings. The minimum atomic E-state index is -3.77. The van der Waals surface area contributed by atoms with E-state index in [-0.39, 0.29) is 30.4 Å². The van der Waals surface area contributed by atoms with E-state index in [1.54, 1.807) is 54.9 Å². The number of ether oxygens (including phenoxy) is 1.